The van der Waals surface area contributed by atoms with Crippen LogP contribution in [0.2, 0.25) is 0 Å². The molecule has 1 heterocycles. The van der Waals surface area contributed by atoms with Gasteiger partial charge in [0.25, 0.3) is 0 Å². The van der Waals surface area contributed by atoms with Gasteiger partial charge in [-0.3, -0.25) is 4.90 Å². The van der Waals surface area contributed by atoms with E-state index < -0.39 is 17.7 Å². The van der Waals surface area contributed by atoms with Crippen LogP contribution in [-0.4, -0.2) is 29.5 Å². The molecule has 1 fully saturated rings. The Hall–Kier alpha value is -1.17. The highest BCUT2D eigenvalue weighted by Crippen LogP contribution is 2.28. The Morgan fingerprint density at radius 1 is 1.32 bits per heavy atom. The van der Waals surface area contributed by atoms with E-state index in [4.69, 9.17) is 4.74 Å². The second kappa shape index (κ2) is 6.32. The van der Waals surface area contributed by atoms with Crippen molar-refractivity contribution in [1.82, 2.24) is 4.90 Å². The summed E-state index contributed by atoms with van der Waals surface area (Å²) in [5, 5.41) is 0.867. The molecule has 1 atom stereocenters. The molecule has 2 rings (SSSR count). The Morgan fingerprint density at radius 2 is 2.11 bits per heavy atom. The van der Waals surface area contributed by atoms with Crippen LogP contribution in [0, 0.1) is 11.6 Å². The number of unbranched alkanes of at least 4 members (excludes halogenated alkanes) is 1. The van der Waals surface area contributed by atoms with Crippen LogP contribution in [0.3, 0.4) is 0 Å². The van der Waals surface area contributed by atoms with Gasteiger partial charge in [-0.1, -0.05) is 22.0 Å². The van der Waals surface area contributed by atoms with E-state index in [9.17, 15) is 13.6 Å². The number of hydrogen-bond acceptors (Lipinski definition) is 2. The molecule has 1 aromatic carbocycles. The van der Waals surface area contributed by atoms with E-state index in [2.05, 4.69) is 15.9 Å². The molecule has 1 unspecified atom stereocenters. The first-order valence-electron chi connectivity index (χ1n) is 6.08. The molecule has 1 amide bonds. The maximum atomic E-state index is 13.2. The van der Waals surface area contributed by atoms with Gasteiger partial charge in [0.2, 0.25) is 0 Å². The standard InChI is InChI=1S/C13H14BrF2NO2/c14-5-1-2-6-17-12(8-19-13(17)18)9-3-4-10(15)11(16)7-9/h3-4,7,12H,1-2,5-6,8H2. The molecule has 1 saturated heterocycles. The Balaban J connectivity index is 2.12. The number of ether oxygens (including phenoxy) is 1. The fourth-order valence-corrected chi connectivity index (χ4v) is 2.47. The van der Waals surface area contributed by atoms with Gasteiger partial charge in [0, 0.05) is 11.9 Å². The number of nitrogens with zero attached hydrogens (tertiary/aromatic N) is 1. The summed E-state index contributed by atoms with van der Waals surface area (Å²) in [6.07, 6.45) is 1.37. The number of amides is 1. The normalized spacial score (nSPS) is 18.8. The van der Waals surface area contributed by atoms with Gasteiger partial charge in [0.05, 0.1) is 6.04 Å². The van der Waals surface area contributed by atoms with E-state index in [1.54, 1.807) is 4.90 Å². The van der Waals surface area contributed by atoms with Crippen LogP contribution >= 0.6 is 15.9 Å². The zero-order chi connectivity index (χ0) is 13.8. The van der Waals surface area contributed by atoms with Gasteiger partial charge < -0.3 is 4.74 Å². The van der Waals surface area contributed by atoms with Crippen molar-refractivity contribution >= 4 is 22.0 Å². The Morgan fingerprint density at radius 3 is 2.79 bits per heavy atom. The summed E-state index contributed by atoms with van der Waals surface area (Å²) in [6, 6.07) is 3.35. The summed E-state index contributed by atoms with van der Waals surface area (Å²) in [6.45, 7) is 0.728. The molecule has 0 saturated carbocycles. The minimum absolute atomic E-state index is 0.179. The number of rotatable bonds is 5. The second-order valence-electron chi connectivity index (χ2n) is 4.36. The summed E-state index contributed by atoms with van der Waals surface area (Å²) >= 11 is 3.33. The van der Waals surface area contributed by atoms with E-state index in [1.807, 2.05) is 0 Å². The largest absolute Gasteiger partial charge is 0.447 e. The lowest BCUT2D eigenvalue weighted by atomic mass is 10.1. The van der Waals surface area contributed by atoms with Crippen LogP contribution in [0.1, 0.15) is 24.4 Å². The van der Waals surface area contributed by atoms with Gasteiger partial charge in [0.1, 0.15) is 6.61 Å². The molecule has 6 heteroatoms. The quantitative estimate of drug-likeness (QED) is 0.608. The van der Waals surface area contributed by atoms with Gasteiger partial charge >= 0.3 is 6.09 Å². The summed E-state index contributed by atoms with van der Waals surface area (Å²) in [5.74, 6) is -1.79. The molecule has 1 aromatic rings. The van der Waals surface area contributed by atoms with Crippen molar-refractivity contribution in [3.63, 3.8) is 0 Å². The topological polar surface area (TPSA) is 29.5 Å². The molecule has 3 nitrogen and oxygen atoms in total. The van der Waals surface area contributed by atoms with E-state index >= 15 is 0 Å². The van der Waals surface area contributed by atoms with Crippen LogP contribution < -0.4 is 0 Å². The Kier molecular flexibility index (Phi) is 4.74. The molecule has 0 aromatic heterocycles. The van der Waals surface area contributed by atoms with Crippen molar-refractivity contribution in [3.8, 4) is 0 Å². The molecule has 104 valence electrons. The molecule has 0 radical (unpaired) electrons. The molecule has 0 spiro atoms. The third-order valence-corrected chi connectivity index (χ3v) is 3.65. The van der Waals surface area contributed by atoms with Crippen LogP contribution in [0.15, 0.2) is 18.2 Å². The van der Waals surface area contributed by atoms with Crippen molar-refractivity contribution in [3.05, 3.63) is 35.4 Å². The van der Waals surface area contributed by atoms with Gasteiger partial charge in [-0.15, -0.1) is 0 Å². The monoisotopic (exact) mass is 333 g/mol. The number of cyclic esters (lactones) is 1. The second-order valence-corrected chi connectivity index (χ2v) is 5.15. The SMILES string of the molecule is O=C1OCC(c2ccc(F)c(F)c2)N1CCCCBr. The van der Waals surface area contributed by atoms with Gasteiger partial charge in [-0.2, -0.15) is 0 Å². The lowest BCUT2D eigenvalue weighted by Crippen LogP contribution is -2.28. The van der Waals surface area contributed by atoms with Gasteiger partial charge in [0.15, 0.2) is 11.6 Å². The number of carbonyl (C=O) groups excluding carboxylic acids is 1. The number of benzene rings is 1. The molecule has 0 bridgehead atoms. The average Bonchev–Trinajstić information content (AvgIpc) is 2.75. The predicted octanol–water partition coefficient (Wildman–Crippen LogP) is 3.63. The fraction of sp³-hybridized carbons (Fsp3) is 0.462. The minimum atomic E-state index is -0.905. The van der Waals surface area contributed by atoms with E-state index in [0.717, 1.165) is 30.3 Å². The average molecular weight is 334 g/mol. The summed E-state index contributed by atoms with van der Waals surface area (Å²) in [7, 11) is 0. The first kappa shape index (κ1) is 14.2. The lowest BCUT2D eigenvalue weighted by Gasteiger charge is -2.21. The Bertz CT molecular complexity index is 470. The zero-order valence-electron chi connectivity index (χ0n) is 10.2. The number of halogens is 3. The highest BCUT2D eigenvalue weighted by molar-refractivity contribution is 9.09. The van der Waals surface area contributed by atoms with Crippen molar-refractivity contribution in [1.29, 1.82) is 0 Å². The maximum Gasteiger partial charge on any atom is 0.410 e. The maximum absolute atomic E-state index is 13.2. The van der Waals surface area contributed by atoms with Crippen molar-refractivity contribution in [2.24, 2.45) is 0 Å². The molecular formula is C13H14BrF2NO2. The highest BCUT2D eigenvalue weighted by atomic mass is 79.9. The van der Waals surface area contributed by atoms with Crippen molar-refractivity contribution in [2.45, 2.75) is 18.9 Å². The molecular weight excluding hydrogens is 320 g/mol. The molecule has 19 heavy (non-hydrogen) atoms. The van der Waals surface area contributed by atoms with E-state index in [-0.39, 0.29) is 12.6 Å². The molecule has 0 aliphatic carbocycles. The zero-order valence-corrected chi connectivity index (χ0v) is 11.8. The number of carbonyl (C=O) groups is 1. The summed E-state index contributed by atoms with van der Waals surface area (Å²) < 4.78 is 31.1. The first-order valence-corrected chi connectivity index (χ1v) is 7.20. The smallest absolute Gasteiger partial charge is 0.410 e. The minimum Gasteiger partial charge on any atom is -0.447 e. The van der Waals surface area contributed by atoms with Crippen LogP contribution in [0.4, 0.5) is 13.6 Å². The van der Waals surface area contributed by atoms with Gasteiger partial charge in [-0.05, 0) is 30.5 Å². The molecule has 1 aliphatic rings. The van der Waals surface area contributed by atoms with Gasteiger partial charge in [-0.25, -0.2) is 13.6 Å². The number of hydrogen-bond donors (Lipinski definition) is 0. The van der Waals surface area contributed by atoms with Crippen LogP contribution in [0.5, 0.6) is 0 Å². The fourth-order valence-electron chi connectivity index (χ4n) is 2.07. The van der Waals surface area contributed by atoms with E-state index in [0.29, 0.717) is 12.1 Å². The molecule has 0 N–H and O–H groups in total. The van der Waals surface area contributed by atoms with Crippen LogP contribution in [-0.2, 0) is 4.74 Å². The highest BCUT2D eigenvalue weighted by Gasteiger charge is 2.33. The summed E-state index contributed by atoms with van der Waals surface area (Å²) in [4.78, 5) is 13.2. The number of alkyl halides is 1. The van der Waals surface area contributed by atoms with Crippen molar-refractivity contribution in [2.75, 3.05) is 18.5 Å². The van der Waals surface area contributed by atoms with Crippen molar-refractivity contribution < 1.29 is 18.3 Å². The molecule has 1 aliphatic heterocycles. The summed E-state index contributed by atoms with van der Waals surface area (Å²) in [5.41, 5.74) is 0.559. The predicted molar refractivity (Wildman–Crippen MR) is 70.2 cm³/mol. The first-order chi connectivity index (χ1) is 9.13. The van der Waals surface area contributed by atoms with E-state index in [1.165, 1.54) is 6.07 Å². The third-order valence-electron chi connectivity index (χ3n) is 3.09. The van der Waals surface area contributed by atoms with Crippen LogP contribution in [0.25, 0.3) is 0 Å². The third kappa shape index (κ3) is 3.23. The lowest BCUT2D eigenvalue weighted by molar-refractivity contribution is 0.157. The Labute approximate surface area is 118 Å².